The van der Waals surface area contributed by atoms with Crippen LogP contribution in [0.15, 0.2) is 39.4 Å². The number of halogens is 2. The van der Waals surface area contributed by atoms with Crippen molar-refractivity contribution < 1.29 is 13.9 Å². The first-order chi connectivity index (χ1) is 8.60. The number of hydrogen-bond donors (Lipinski definition) is 1. The van der Waals surface area contributed by atoms with Crippen LogP contribution in [0.3, 0.4) is 0 Å². The summed E-state index contributed by atoms with van der Waals surface area (Å²) in [5.74, 6) is 0.465. The Morgan fingerprint density at radius 1 is 1.39 bits per heavy atom. The van der Waals surface area contributed by atoms with Crippen LogP contribution in [-0.4, -0.2) is 5.11 Å². The van der Waals surface area contributed by atoms with E-state index in [-0.39, 0.29) is 5.82 Å². The Hall–Kier alpha value is -1.13. The molecule has 2 rings (SSSR count). The van der Waals surface area contributed by atoms with Gasteiger partial charge >= 0.3 is 0 Å². The highest BCUT2D eigenvalue weighted by molar-refractivity contribution is 9.10. The number of aliphatic hydroxyl groups is 1. The fourth-order valence-electron chi connectivity index (χ4n) is 2.00. The van der Waals surface area contributed by atoms with Crippen LogP contribution in [0, 0.1) is 5.82 Å². The Morgan fingerprint density at radius 3 is 2.83 bits per heavy atom. The van der Waals surface area contributed by atoms with Crippen molar-refractivity contribution in [3.05, 3.63) is 57.7 Å². The highest BCUT2D eigenvalue weighted by Gasteiger charge is 2.15. The summed E-state index contributed by atoms with van der Waals surface area (Å²) in [5.41, 5.74) is 1.52. The smallest absolute Gasteiger partial charge is 0.124 e. The molecule has 1 heterocycles. The van der Waals surface area contributed by atoms with Crippen LogP contribution in [0.1, 0.15) is 29.9 Å². The molecule has 0 aliphatic rings. The molecule has 0 aliphatic carbocycles. The van der Waals surface area contributed by atoms with E-state index < -0.39 is 6.10 Å². The van der Waals surface area contributed by atoms with E-state index in [2.05, 4.69) is 15.9 Å². The van der Waals surface area contributed by atoms with E-state index in [9.17, 15) is 9.50 Å². The normalized spacial score (nSPS) is 12.7. The third-order valence-electron chi connectivity index (χ3n) is 2.81. The number of benzene rings is 1. The average Bonchev–Trinajstić information content (AvgIpc) is 2.75. The predicted octanol–water partition coefficient (Wildman–Crippen LogP) is 4.02. The van der Waals surface area contributed by atoms with Gasteiger partial charge in [-0.15, -0.1) is 0 Å². The van der Waals surface area contributed by atoms with Crippen LogP contribution in [0.5, 0.6) is 0 Å². The maximum atomic E-state index is 13.2. The number of rotatable bonds is 4. The van der Waals surface area contributed by atoms with Crippen LogP contribution < -0.4 is 0 Å². The molecule has 0 saturated carbocycles. The molecule has 0 spiro atoms. The number of hydrogen-bond acceptors (Lipinski definition) is 2. The third-order valence-corrected chi connectivity index (χ3v) is 3.27. The molecule has 0 radical (unpaired) electrons. The largest absolute Gasteiger partial charge is 0.469 e. The van der Waals surface area contributed by atoms with Crippen LogP contribution in [0.25, 0.3) is 0 Å². The fraction of sp³-hybridized carbons (Fsp3) is 0.286. The highest BCUT2D eigenvalue weighted by atomic mass is 79.9. The molecule has 0 bridgehead atoms. The Kier molecular flexibility index (Phi) is 4.19. The average molecular weight is 313 g/mol. The van der Waals surface area contributed by atoms with Gasteiger partial charge in [0.2, 0.25) is 0 Å². The Bertz CT molecular complexity index is 516. The summed E-state index contributed by atoms with van der Waals surface area (Å²) in [5, 5.41) is 10.2. The molecule has 2 aromatic rings. The number of furan rings is 1. The molecule has 1 aromatic heterocycles. The van der Waals surface area contributed by atoms with Gasteiger partial charge in [0, 0.05) is 22.9 Å². The summed E-state index contributed by atoms with van der Waals surface area (Å²) in [6.45, 7) is 1.97. The van der Waals surface area contributed by atoms with E-state index in [4.69, 9.17) is 4.42 Å². The lowest BCUT2D eigenvalue weighted by atomic mass is 10.0. The van der Waals surface area contributed by atoms with E-state index in [1.165, 1.54) is 12.1 Å². The van der Waals surface area contributed by atoms with Crippen LogP contribution in [0.4, 0.5) is 4.39 Å². The molecule has 4 heteroatoms. The molecule has 1 unspecified atom stereocenters. The van der Waals surface area contributed by atoms with Gasteiger partial charge in [-0.25, -0.2) is 4.39 Å². The zero-order valence-electron chi connectivity index (χ0n) is 9.99. The lowest BCUT2D eigenvalue weighted by Crippen LogP contribution is -2.03. The van der Waals surface area contributed by atoms with E-state index in [0.717, 1.165) is 23.3 Å². The third kappa shape index (κ3) is 3.00. The minimum atomic E-state index is -0.674. The topological polar surface area (TPSA) is 33.4 Å². The maximum Gasteiger partial charge on any atom is 0.124 e. The predicted molar refractivity (Wildman–Crippen MR) is 70.8 cm³/mol. The summed E-state index contributed by atoms with van der Waals surface area (Å²) >= 11 is 3.24. The van der Waals surface area contributed by atoms with E-state index in [1.54, 1.807) is 18.4 Å². The van der Waals surface area contributed by atoms with Crippen LogP contribution in [0.2, 0.25) is 0 Å². The van der Waals surface area contributed by atoms with Crippen LogP contribution >= 0.6 is 15.9 Å². The standard InChI is InChI=1S/C14H14BrFO2/c1-2-14-12(3-4-18-14)13(17)7-9-5-10(15)8-11(16)6-9/h3-6,8,13,17H,2,7H2,1H3. The molecule has 0 aliphatic heterocycles. The summed E-state index contributed by atoms with van der Waals surface area (Å²) < 4.78 is 19.2. The van der Waals surface area contributed by atoms with Gasteiger partial charge < -0.3 is 9.52 Å². The van der Waals surface area contributed by atoms with Gasteiger partial charge in [-0.2, -0.15) is 0 Å². The molecule has 0 saturated heterocycles. The SMILES string of the molecule is CCc1occc1C(O)Cc1cc(F)cc(Br)c1. The van der Waals surface area contributed by atoms with Gasteiger partial charge in [-0.1, -0.05) is 22.9 Å². The fourth-order valence-corrected chi connectivity index (χ4v) is 2.51. The second-order valence-corrected chi connectivity index (χ2v) is 5.07. The lowest BCUT2D eigenvalue weighted by molar-refractivity contribution is 0.176. The molecule has 18 heavy (non-hydrogen) atoms. The van der Waals surface area contributed by atoms with Gasteiger partial charge in [0.15, 0.2) is 0 Å². The minimum absolute atomic E-state index is 0.311. The number of aliphatic hydroxyl groups excluding tert-OH is 1. The van der Waals surface area contributed by atoms with Gasteiger partial charge in [-0.3, -0.25) is 0 Å². The maximum absolute atomic E-state index is 13.2. The van der Waals surface area contributed by atoms with Crippen molar-refractivity contribution in [2.45, 2.75) is 25.9 Å². The van der Waals surface area contributed by atoms with E-state index >= 15 is 0 Å². The molecule has 2 nitrogen and oxygen atoms in total. The highest BCUT2D eigenvalue weighted by Crippen LogP contribution is 2.25. The zero-order valence-corrected chi connectivity index (χ0v) is 11.6. The van der Waals surface area contributed by atoms with E-state index in [0.29, 0.717) is 10.9 Å². The monoisotopic (exact) mass is 312 g/mol. The van der Waals surface area contributed by atoms with Crippen molar-refractivity contribution in [3.8, 4) is 0 Å². The first-order valence-electron chi connectivity index (χ1n) is 5.79. The summed E-state index contributed by atoms with van der Waals surface area (Å²) in [6.07, 6.45) is 1.99. The molecule has 96 valence electrons. The van der Waals surface area contributed by atoms with Crippen molar-refractivity contribution in [1.29, 1.82) is 0 Å². The van der Waals surface area contributed by atoms with Gasteiger partial charge in [0.1, 0.15) is 11.6 Å². The summed E-state index contributed by atoms with van der Waals surface area (Å²) in [7, 11) is 0. The van der Waals surface area contributed by atoms with Crippen molar-refractivity contribution in [3.63, 3.8) is 0 Å². The molecule has 1 aromatic carbocycles. The molecule has 1 atom stereocenters. The Balaban J connectivity index is 2.18. The quantitative estimate of drug-likeness (QED) is 0.925. The van der Waals surface area contributed by atoms with Crippen LogP contribution in [-0.2, 0) is 12.8 Å². The van der Waals surface area contributed by atoms with E-state index in [1.807, 2.05) is 6.92 Å². The summed E-state index contributed by atoms with van der Waals surface area (Å²) in [4.78, 5) is 0. The van der Waals surface area contributed by atoms with Gasteiger partial charge in [-0.05, 0) is 29.8 Å². The van der Waals surface area contributed by atoms with Crippen molar-refractivity contribution in [2.24, 2.45) is 0 Å². The van der Waals surface area contributed by atoms with Crippen molar-refractivity contribution in [2.75, 3.05) is 0 Å². The van der Waals surface area contributed by atoms with Gasteiger partial charge in [0.05, 0.1) is 12.4 Å². The second kappa shape index (κ2) is 5.67. The minimum Gasteiger partial charge on any atom is -0.469 e. The molecule has 0 amide bonds. The zero-order chi connectivity index (χ0) is 13.1. The lowest BCUT2D eigenvalue weighted by Gasteiger charge is -2.11. The first-order valence-corrected chi connectivity index (χ1v) is 6.58. The van der Waals surface area contributed by atoms with Crippen molar-refractivity contribution >= 4 is 15.9 Å². The van der Waals surface area contributed by atoms with Gasteiger partial charge in [0.25, 0.3) is 0 Å². The van der Waals surface area contributed by atoms with Crippen molar-refractivity contribution in [1.82, 2.24) is 0 Å². The second-order valence-electron chi connectivity index (χ2n) is 4.15. The summed E-state index contributed by atoms with van der Waals surface area (Å²) in [6, 6.07) is 6.39. The molecule has 1 N–H and O–H groups in total. The molecular formula is C14H14BrFO2. The first kappa shape index (κ1) is 13.3. The number of aryl methyl sites for hydroxylation is 1. The Morgan fingerprint density at radius 2 is 2.17 bits per heavy atom. The Labute approximate surface area is 114 Å². The molecular weight excluding hydrogens is 299 g/mol. The molecule has 0 fully saturated rings.